The van der Waals surface area contributed by atoms with Gasteiger partial charge in [-0.25, -0.2) is 4.79 Å². The van der Waals surface area contributed by atoms with Gasteiger partial charge in [-0.3, -0.25) is 0 Å². The van der Waals surface area contributed by atoms with Crippen LogP contribution in [0.1, 0.15) is 27.8 Å². The van der Waals surface area contributed by atoms with Gasteiger partial charge in [0.2, 0.25) is 0 Å². The van der Waals surface area contributed by atoms with Crippen LogP contribution in [0.3, 0.4) is 0 Å². The minimum atomic E-state index is -0.297. The summed E-state index contributed by atoms with van der Waals surface area (Å²) in [5.41, 5.74) is 4.77. The van der Waals surface area contributed by atoms with Crippen molar-refractivity contribution >= 4 is 11.0 Å². The third-order valence-electron chi connectivity index (χ3n) is 5.45. The van der Waals surface area contributed by atoms with Crippen molar-refractivity contribution in [3.05, 3.63) is 105 Å². The molecule has 3 aromatic carbocycles. The molecule has 4 aromatic rings. The summed E-state index contributed by atoms with van der Waals surface area (Å²) in [6, 6.07) is 21.6. The van der Waals surface area contributed by atoms with Gasteiger partial charge < -0.3 is 13.9 Å². The van der Waals surface area contributed by atoms with Crippen molar-refractivity contribution in [3.8, 4) is 11.5 Å². The number of rotatable bonds is 6. The number of para-hydroxylation sites is 1. The van der Waals surface area contributed by atoms with Crippen LogP contribution >= 0.6 is 0 Å². The second-order valence-corrected chi connectivity index (χ2v) is 7.32. The van der Waals surface area contributed by atoms with Crippen LogP contribution in [0.25, 0.3) is 11.0 Å². The number of ether oxygens (including phenoxy) is 2. The maximum Gasteiger partial charge on any atom is 0.340 e. The van der Waals surface area contributed by atoms with E-state index in [2.05, 4.69) is 0 Å². The first-order valence-corrected chi connectivity index (χ1v) is 9.93. The molecule has 0 bridgehead atoms. The molecule has 0 fully saturated rings. The Morgan fingerprint density at radius 2 is 1.57 bits per heavy atom. The van der Waals surface area contributed by atoms with E-state index in [1.807, 2.05) is 80.6 Å². The van der Waals surface area contributed by atoms with Crippen molar-refractivity contribution in [2.75, 3.05) is 7.11 Å². The Labute approximate surface area is 175 Å². The van der Waals surface area contributed by atoms with E-state index in [0.717, 1.165) is 33.4 Å². The number of hydrogen-bond donors (Lipinski definition) is 0. The summed E-state index contributed by atoms with van der Waals surface area (Å²) >= 11 is 0. The molecular weight excluding hydrogens is 376 g/mol. The van der Waals surface area contributed by atoms with Gasteiger partial charge in [0, 0.05) is 28.5 Å². The number of aryl methyl sites for hydroxylation is 2. The van der Waals surface area contributed by atoms with Crippen molar-refractivity contribution in [1.82, 2.24) is 0 Å². The average Bonchev–Trinajstić information content (AvgIpc) is 2.77. The fourth-order valence-electron chi connectivity index (χ4n) is 3.71. The lowest BCUT2D eigenvalue weighted by Gasteiger charge is -2.14. The van der Waals surface area contributed by atoms with Gasteiger partial charge >= 0.3 is 5.63 Å². The van der Waals surface area contributed by atoms with E-state index < -0.39 is 0 Å². The summed E-state index contributed by atoms with van der Waals surface area (Å²) in [4.78, 5) is 12.8. The van der Waals surface area contributed by atoms with Crippen LogP contribution in [-0.2, 0) is 13.0 Å². The number of methoxy groups -OCH3 is 1. The van der Waals surface area contributed by atoms with Gasteiger partial charge in [0.15, 0.2) is 0 Å². The molecule has 152 valence electrons. The van der Waals surface area contributed by atoms with E-state index in [1.54, 1.807) is 7.11 Å². The molecule has 0 N–H and O–H groups in total. The second-order valence-electron chi connectivity index (χ2n) is 7.32. The molecule has 0 aliphatic rings. The number of benzene rings is 3. The van der Waals surface area contributed by atoms with Crippen molar-refractivity contribution in [2.24, 2.45) is 0 Å². The van der Waals surface area contributed by atoms with Crippen LogP contribution in [-0.4, -0.2) is 7.11 Å². The van der Waals surface area contributed by atoms with Crippen molar-refractivity contribution in [3.63, 3.8) is 0 Å². The van der Waals surface area contributed by atoms with E-state index >= 15 is 0 Å². The van der Waals surface area contributed by atoms with E-state index in [4.69, 9.17) is 13.9 Å². The average molecular weight is 400 g/mol. The molecule has 1 heterocycles. The minimum absolute atomic E-state index is 0.297. The molecule has 1 aromatic heterocycles. The molecule has 4 nitrogen and oxygen atoms in total. The molecule has 0 aliphatic carbocycles. The maximum absolute atomic E-state index is 12.8. The molecule has 4 heteroatoms. The summed E-state index contributed by atoms with van der Waals surface area (Å²) in [5.74, 6) is 1.47. The predicted octanol–water partition coefficient (Wildman–Crippen LogP) is 5.59. The highest BCUT2D eigenvalue weighted by atomic mass is 16.5. The Morgan fingerprint density at radius 3 is 2.33 bits per heavy atom. The Kier molecular flexibility index (Phi) is 5.57. The fraction of sp³-hybridized carbons (Fsp3) is 0.192. The molecule has 30 heavy (non-hydrogen) atoms. The largest absolute Gasteiger partial charge is 0.496 e. The summed E-state index contributed by atoms with van der Waals surface area (Å²) < 4.78 is 17.2. The van der Waals surface area contributed by atoms with Gasteiger partial charge in [-0.05, 0) is 43.2 Å². The zero-order valence-electron chi connectivity index (χ0n) is 17.4. The SMILES string of the molecule is COc1ccccc1COc1ccc2c(C)c(Cc3ccccc3)c(=O)oc2c1C. The molecule has 0 saturated heterocycles. The van der Waals surface area contributed by atoms with E-state index in [0.29, 0.717) is 29.9 Å². The van der Waals surface area contributed by atoms with Crippen LogP contribution in [0.15, 0.2) is 75.9 Å². The molecule has 0 amide bonds. The lowest BCUT2D eigenvalue weighted by atomic mass is 9.98. The van der Waals surface area contributed by atoms with Crippen LogP contribution in [0.4, 0.5) is 0 Å². The minimum Gasteiger partial charge on any atom is -0.496 e. The van der Waals surface area contributed by atoms with Crippen molar-refractivity contribution < 1.29 is 13.9 Å². The topological polar surface area (TPSA) is 48.7 Å². The van der Waals surface area contributed by atoms with Gasteiger partial charge in [-0.2, -0.15) is 0 Å². The molecule has 0 unspecified atom stereocenters. The highest BCUT2D eigenvalue weighted by molar-refractivity contribution is 5.85. The first kappa shape index (κ1) is 19.8. The monoisotopic (exact) mass is 400 g/mol. The van der Waals surface area contributed by atoms with Gasteiger partial charge in [0.05, 0.1) is 7.11 Å². The lowest BCUT2D eigenvalue weighted by molar-refractivity contribution is 0.294. The summed E-state index contributed by atoms with van der Waals surface area (Å²) in [6.07, 6.45) is 0.552. The van der Waals surface area contributed by atoms with Crippen LogP contribution in [0, 0.1) is 13.8 Å². The molecule has 0 spiro atoms. The maximum atomic E-state index is 12.8. The normalized spacial score (nSPS) is 10.9. The van der Waals surface area contributed by atoms with E-state index in [1.165, 1.54) is 0 Å². The zero-order valence-corrected chi connectivity index (χ0v) is 17.4. The molecule has 4 rings (SSSR count). The molecule has 0 saturated carbocycles. The third kappa shape index (κ3) is 3.81. The van der Waals surface area contributed by atoms with Gasteiger partial charge in [-0.1, -0.05) is 48.5 Å². The van der Waals surface area contributed by atoms with Gasteiger partial charge in [-0.15, -0.1) is 0 Å². The van der Waals surface area contributed by atoms with Crippen LogP contribution < -0.4 is 15.1 Å². The Bertz CT molecular complexity index is 1240. The van der Waals surface area contributed by atoms with E-state index in [-0.39, 0.29) is 5.63 Å². The van der Waals surface area contributed by atoms with Crippen LogP contribution in [0.2, 0.25) is 0 Å². The molecule has 0 atom stereocenters. The zero-order chi connectivity index (χ0) is 21.1. The number of fused-ring (bicyclic) bond motifs is 1. The predicted molar refractivity (Wildman–Crippen MR) is 119 cm³/mol. The molecule has 0 radical (unpaired) electrons. The Balaban J connectivity index is 1.67. The molecule has 0 aliphatic heterocycles. The summed E-state index contributed by atoms with van der Waals surface area (Å²) in [7, 11) is 1.64. The molecular formula is C26H24O4. The first-order valence-electron chi connectivity index (χ1n) is 9.93. The van der Waals surface area contributed by atoms with Gasteiger partial charge in [0.1, 0.15) is 23.7 Å². The quantitative estimate of drug-likeness (QED) is 0.396. The number of hydrogen-bond acceptors (Lipinski definition) is 4. The van der Waals surface area contributed by atoms with Crippen molar-refractivity contribution in [1.29, 1.82) is 0 Å². The van der Waals surface area contributed by atoms with E-state index in [9.17, 15) is 4.79 Å². The Morgan fingerprint density at radius 1 is 0.833 bits per heavy atom. The first-order chi connectivity index (χ1) is 14.6. The highest BCUT2D eigenvalue weighted by Gasteiger charge is 2.16. The van der Waals surface area contributed by atoms with Crippen LogP contribution in [0.5, 0.6) is 11.5 Å². The highest BCUT2D eigenvalue weighted by Crippen LogP contribution is 2.31. The van der Waals surface area contributed by atoms with Gasteiger partial charge in [0.25, 0.3) is 0 Å². The standard InChI is InChI=1S/C26H24O4/c1-17-21-13-14-23(29-16-20-11-7-8-12-24(20)28-3)18(2)25(21)30-26(27)22(17)15-19-9-5-4-6-10-19/h4-14H,15-16H2,1-3H3. The fourth-order valence-corrected chi connectivity index (χ4v) is 3.71. The smallest absolute Gasteiger partial charge is 0.340 e. The second kappa shape index (κ2) is 8.46. The third-order valence-corrected chi connectivity index (χ3v) is 5.45. The lowest BCUT2D eigenvalue weighted by Crippen LogP contribution is -2.11. The summed E-state index contributed by atoms with van der Waals surface area (Å²) in [6.45, 7) is 4.26. The Hall–Kier alpha value is -3.53. The summed E-state index contributed by atoms with van der Waals surface area (Å²) in [5, 5.41) is 0.933. The van der Waals surface area contributed by atoms with Crippen molar-refractivity contribution in [2.45, 2.75) is 26.9 Å².